The van der Waals surface area contributed by atoms with Crippen molar-refractivity contribution in [1.82, 2.24) is 5.32 Å². The molecule has 0 aliphatic heterocycles. The fraction of sp³-hybridized carbons (Fsp3) is 0.0500. The van der Waals surface area contributed by atoms with Crippen LogP contribution in [0.15, 0.2) is 66.7 Å². The average Bonchev–Trinajstić information content (AvgIpc) is 2.60. The molecule has 0 saturated heterocycles. The maximum Gasteiger partial charge on any atom is 0.251 e. The van der Waals surface area contributed by atoms with Crippen molar-refractivity contribution in [2.75, 3.05) is 7.05 Å². The lowest BCUT2D eigenvalue weighted by Crippen LogP contribution is -2.17. The normalized spacial score (nSPS) is 11.1. The molecular weight excluding hydrogens is 270 g/mol. The Morgan fingerprint density at radius 3 is 2.14 bits per heavy atom. The summed E-state index contributed by atoms with van der Waals surface area (Å²) in [7, 11) is 1.66. The van der Waals surface area contributed by atoms with E-state index in [9.17, 15) is 4.79 Å². The third-order valence-corrected chi connectivity index (χ3v) is 4.23. The highest BCUT2D eigenvalue weighted by molar-refractivity contribution is 6.18. The highest BCUT2D eigenvalue weighted by Crippen LogP contribution is 2.31. The van der Waals surface area contributed by atoms with Gasteiger partial charge in [-0.25, -0.2) is 0 Å². The fourth-order valence-corrected chi connectivity index (χ4v) is 3.10. The topological polar surface area (TPSA) is 29.1 Å². The molecule has 106 valence electrons. The monoisotopic (exact) mass is 285 g/mol. The molecule has 4 aromatic carbocycles. The van der Waals surface area contributed by atoms with E-state index in [2.05, 4.69) is 53.8 Å². The minimum Gasteiger partial charge on any atom is -0.355 e. The third-order valence-electron chi connectivity index (χ3n) is 4.23. The van der Waals surface area contributed by atoms with Gasteiger partial charge in [-0.1, -0.05) is 54.6 Å². The summed E-state index contributed by atoms with van der Waals surface area (Å²) in [6.07, 6.45) is 0. The number of hydrogen-bond acceptors (Lipinski definition) is 1. The maximum absolute atomic E-state index is 11.9. The number of benzene rings is 4. The van der Waals surface area contributed by atoms with E-state index >= 15 is 0 Å². The van der Waals surface area contributed by atoms with Gasteiger partial charge in [-0.05, 0) is 44.5 Å². The zero-order chi connectivity index (χ0) is 15.1. The van der Waals surface area contributed by atoms with Gasteiger partial charge in [0.15, 0.2) is 0 Å². The lowest BCUT2D eigenvalue weighted by atomic mass is 9.96. The highest BCUT2D eigenvalue weighted by atomic mass is 16.1. The van der Waals surface area contributed by atoms with Crippen molar-refractivity contribution in [3.05, 3.63) is 72.3 Å². The standard InChI is InChI=1S/C20H15NO/c1-21-20(22)15-7-6-14-9-10-17-16-5-3-2-4-13(16)8-11-18(17)19(14)12-15/h2-12H,1H3,(H,21,22). The maximum atomic E-state index is 11.9. The molecule has 0 atom stereocenters. The van der Waals surface area contributed by atoms with E-state index in [0.717, 1.165) is 10.8 Å². The van der Waals surface area contributed by atoms with Crippen LogP contribution in [0.3, 0.4) is 0 Å². The summed E-state index contributed by atoms with van der Waals surface area (Å²) < 4.78 is 0. The van der Waals surface area contributed by atoms with Crippen LogP contribution in [-0.2, 0) is 0 Å². The van der Waals surface area contributed by atoms with Crippen molar-refractivity contribution in [1.29, 1.82) is 0 Å². The Hall–Kier alpha value is -2.87. The lowest BCUT2D eigenvalue weighted by Gasteiger charge is -2.09. The molecule has 0 aromatic heterocycles. The number of nitrogens with one attached hydrogen (secondary N) is 1. The van der Waals surface area contributed by atoms with Crippen LogP contribution in [0.4, 0.5) is 0 Å². The fourth-order valence-electron chi connectivity index (χ4n) is 3.10. The van der Waals surface area contributed by atoms with Crippen LogP contribution in [0.5, 0.6) is 0 Å². The summed E-state index contributed by atoms with van der Waals surface area (Å²) in [6, 6.07) is 22.8. The van der Waals surface area contributed by atoms with Gasteiger partial charge in [0.25, 0.3) is 5.91 Å². The minimum absolute atomic E-state index is 0.0558. The van der Waals surface area contributed by atoms with Crippen LogP contribution in [0, 0.1) is 0 Å². The molecule has 4 rings (SSSR count). The molecule has 0 aliphatic rings. The average molecular weight is 285 g/mol. The first-order valence-electron chi connectivity index (χ1n) is 7.34. The predicted molar refractivity (Wildman–Crippen MR) is 92.4 cm³/mol. The molecule has 0 fully saturated rings. The van der Waals surface area contributed by atoms with Crippen molar-refractivity contribution in [3.8, 4) is 0 Å². The zero-order valence-electron chi connectivity index (χ0n) is 12.3. The Morgan fingerprint density at radius 2 is 1.36 bits per heavy atom. The Kier molecular flexibility index (Phi) is 2.83. The first-order valence-corrected chi connectivity index (χ1v) is 7.34. The smallest absolute Gasteiger partial charge is 0.251 e. The Bertz CT molecular complexity index is 1030. The SMILES string of the molecule is CNC(=O)c1ccc2ccc3c4ccccc4ccc3c2c1. The molecule has 0 aliphatic carbocycles. The second kappa shape index (κ2) is 4.85. The number of amides is 1. The molecule has 0 radical (unpaired) electrons. The van der Waals surface area contributed by atoms with Crippen molar-refractivity contribution < 1.29 is 4.79 Å². The van der Waals surface area contributed by atoms with Crippen molar-refractivity contribution in [3.63, 3.8) is 0 Å². The first-order chi connectivity index (χ1) is 10.8. The molecule has 1 amide bonds. The summed E-state index contributed by atoms with van der Waals surface area (Å²) in [5, 5.41) is 9.83. The van der Waals surface area contributed by atoms with Crippen LogP contribution in [0.2, 0.25) is 0 Å². The molecule has 22 heavy (non-hydrogen) atoms. The van der Waals surface area contributed by atoms with Crippen molar-refractivity contribution in [2.45, 2.75) is 0 Å². The van der Waals surface area contributed by atoms with E-state index in [-0.39, 0.29) is 5.91 Å². The van der Waals surface area contributed by atoms with Gasteiger partial charge in [-0.3, -0.25) is 4.79 Å². The van der Waals surface area contributed by atoms with Crippen molar-refractivity contribution >= 4 is 38.2 Å². The third kappa shape index (κ3) is 1.85. The minimum atomic E-state index is -0.0558. The Labute approximate surface area is 128 Å². The van der Waals surface area contributed by atoms with E-state index in [1.165, 1.54) is 21.5 Å². The van der Waals surface area contributed by atoms with Gasteiger partial charge in [-0.2, -0.15) is 0 Å². The number of carbonyl (C=O) groups excluding carboxylic acids is 1. The van der Waals surface area contributed by atoms with Gasteiger partial charge in [-0.15, -0.1) is 0 Å². The Balaban J connectivity index is 2.13. The molecule has 0 saturated carbocycles. The summed E-state index contributed by atoms with van der Waals surface area (Å²) in [5.74, 6) is -0.0558. The summed E-state index contributed by atoms with van der Waals surface area (Å²) in [4.78, 5) is 11.9. The van der Waals surface area contributed by atoms with Crippen LogP contribution in [-0.4, -0.2) is 13.0 Å². The van der Waals surface area contributed by atoms with Gasteiger partial charge in [0.05, 0.1) is 0 Å². The Morgan fingerprint density at radius 1 is 0.727 bits per heavy atom. The summed E-state index contributed by atoms with van der Waals surface area (Å²) in [6.45, 7) is 0. The molecular formula is C20H15NO. The van der Waals surface area contributed by atoms with Crippen LogP contribution in [0.1, 0.15) is 10.4 Å². The molecule has 0 spiro atoms. The molecule has 1 N–H and O–H groups in total. The second-order valence-corrected chi connectivity index (χ2v) is 5.46. The van der Waals surface area contributed by atoms with E-state index in [0.29, 0.717) is 5.56 Å². The molecule has 2 heteroatoms. The summed E-state index contributed by atoms with van der Waals surface area (Å²) in [5.41, 5.74) is 0.690. The largest absolute Gasteiger partial charge is 0.355 e. The van der Waals surface area contributed by atoms with Gasteiger partial charge < -0.3 is 5.32 Å². The van der Waals surface area contributed by atoms with Gasteiger partial charge in [0.1, 0.15) is 0 Å². The predicted octanol–water partition coefficient (Wildman–Crippen LogP) is 4.51. The van der Waals surface area contributed by atoms with Crippen LogP contribution in [0.25, 0.3) is 32.3 Å². The molecule has 0 bridgehead atoms. The van der Waals surface area contributed by atoms with Gasteiger partial charge in [0, 0.05) is 12.6 Å². The number of rotatable bonds is 1. The first kappa shape index (κ1) is 12.8. The van der Waals surface area contributed by atoms with E-state index in [4.69, 9.17) is 0 Å². The van der Waals surface area contributed by atoms with E-state index in [1.54, 1.807) is 7.05 Å². The highest BCUT2D eigenvalue weighted by Gasteiger charge is 2.08. The quantitative estimate of drug-likeness (QED) is 0.512. The summed E-state index contributed by atoms with van der Waals surface area (Å²) >= 11 is 0. The van der Waals surface area contributed by atoms with E-state index < -0.39 is 0 Å². The molecule has 0 unspecified atom stereocenters. The number of hydrogen-bond donors (Lipinski definition) is 1. The molecule has 0 heterocycles. The zero-order valence-corrected chi connectivity index (χ0v) is 12.3. The second-order valence-electron chi connectivity index (χ2n) is 5.46. The van der Waals surface area contributed by atoms with Gasteiger partial charge in [0.2, 0.25) is 0 Å². The molecule has 2 nitrogen and oxygen atoms in total. The van der Waals surface area contributed by atoms with Crippen molar-refractivity contribution in [2.24, 2.45) is 0 Å². The molecule has 4 aromatic rings. The van der Waals surface area contributed by atoms with Crippen LogP contribution < -0.4 is 5.32 Å². The van der Waals surface area contributed by atoms with E-state index in [1.807, 2.05) is 18.2 Å². The van der Waals surface area contributed by atoms with Gasteiger partial charge >= 0.3 is 0 Å². The lowest BCUT2D eigenvalue weighted by molar-refractivity contribution is 0.0963. The number of fused-ring (bicyclic) bond motifs is 5. The van der Waals surface area contributed by atoms with Crippen LogP contribution >= 0.6 is 0 Å². The number of carbonyl (C=O) groups is 1.